The molecule has 0 aliphatic heterocycles. The number of fused-ring (bicyclic) bond motifs is 3. The molecule has 8 heteroatoms. The second-order valence-electron chi connectivity index (χ2n) is 6.12. The van der Waals surface area contributed by atoms with Crippen molar-refractivity contribution >= 4 is 28.2 Å². The summed E-state index contributed by atoms with van der Waals surface area (Å²) >= 11 is 1.49. The van der Waals surface area contributed by atoms with Crippen LogP contribution in [0.2, 0.25) is 0 Å². The van der Waals surface area contributed by atoms with Gasteiger partial charge in [-0.05, 0) is 5.56 Å². The third kappa shape index (κ3) is 3.22. The highest BCUT2D eigenvalue weighted by Gasteiger charge is 2.23. The SMILES string of the molecule is COc1cc(NC(=O)Nc2nc3c(s2)Cc2ccccc2-3)cc(OC)c1OC. The number of hydrogen-bond acceptors (Lipinski definition) is 6. The number of carbonyl (C=O) groups excluding carboxylic acids is 1. The van der Waals surface area contributed by atoms with E-state index in [4.69, 9.17) is 14.2 Å². The van der Waals surface area contributed by atoms with Gasteiger partial charge in [-0.15, -0.1) is 11.3 Å². The van der Waals surface area contributed by atoms with E-state index in [1.54, 1.807) is 12.1 Å². The summed E-state index contributed by atoms with van der Waals surface area (Å²) in [5, 5.41) is 6.13. The molecule has 0 fully saturated rings. The molecule has 28 heavy (non-hydrogen) atoms. The molecular formula is C20H19N3O4S. The zero-order valence-electron chi connectivity index (χ0n) is 15.7. The van der Waals surface area contributed by atoms with E-state index in [2.05, 4.69) is 27.8 Å². The van der Waals surface area contributed by atoms with Crippen LogP contribution in [0.5, 0.6) is 17.2 Å². The lowest BCUT2D eigenvalue weighted by Crippen LogP contribution is -2.19. The van der Waals surface area contributed by atoms with Crippen LogP contribution in [0.25, 0.3) is 11.3 Å². The fraction of sp³-hybridized carbons (Fsp3) is 0.200. The highest BCUT2D eigenvalue weighted by Crippen LogP contribution is 2.41. The Morgan fingerprint density at radius 3 is 2.43 bits per heavy atom. The van der Waals surface area contributed by atoms with E-state index >= 15 is 0 Å². The van der Waals surface area contributed by atoms with Crippen LogP contribution in [0, 0.1) is 0 Å². The number of nitrogens with one attached hydrogen (secondary N) is 2. The van der Waals surface area contributed by atoms with Crippen LogP contribution in [0.4, 0.5) is 15.6 Å². The molecule has 0 bridgehead atoms. The zero-order chi connectivity index (χ0) is 19.7. The van der Waals surface area contributed by atoms with Crippen molar-refractivity contribution in [2.45, 2.75) is 6.42 Å². The summed E-state index contributed by atoms with van der Waals surface area (Å²) in [6, 6.07) is 11.1. The summed E-state index contributed by atoms with van der Waals surface area (Å²) in [4.78, 5) is 18.2. The number of urea groups is 1. The molecule has 1 aromatic heterocycles. The predicted octanol–water partition coefficient (Wildman–Crippen LogP) is 4.38. The first-order chi connectivity index (χ1) is 13.6. The Kier molecular flexibility index (Phi) is 4.79. The van der Waals surface area contributed by atoms with Gasteiger partial charge in [0.15, 0.2) is 16.6 Å². The van der Waals surface area contributed by atoms with Crippen LogP contribution in [-0.4, -0.2) is 32.3 Å². The van der Waals surface area contributed by atoms with Gasteiger partial charge in [-0.3, -0.25) is 5.32 Å². The molecule has 0 spiro atoms. The topological polar surface area (TPSA) is 81.7 Å². The van der Waals surface area contributed by atoms with Gasteiger partial charge in [0, 0.05) is 29.0 Å². The minimum absolute atomic E-state index is 0.394. The Morgan fingerprint density at radius 1 is 1.04 bits per heavy atom. The van der Waals surface area contributed by atoms with Gasteiger partial charge in [-0.25, -0.2) is 9.78 Å². The summed E-state index contributed by atoms with van der Waals surface area (Å²) in [6.07, 6.45) is 0.847. The smallest absolute Gasteiger partial charge is 0.325 e. The van der Waals surface area contributed by atoms with Crippen LogP contribution in [-0.2, 0) is 6.42 Å². The van der Waals surface area contributed by atoms with Gasteiger partial charge < -0.3 is 19.5 Å². The Bertz CT molecular complexity index is 1020. The van der Waals surface area contributed by atoms with Gasteiger partial charge in [0.05, 0.1) is 32.7 Å². The zero-order valence-corrected chi connectivity index (χ0v) is 16.5. The van der Waals surface area contributed by atoms with E-state index in [1.165, 1.54) is 38.2 Å². The van der Waals surface area contributed by atoms with Gasteiger partial charge >= 0.3 is 6.03 Å². The van der Waals surface area contributed by atoms with Crippen LogP contribution in [0.15, 0.2) is 36.4 Å². The summed E-state index contributed by atoms with van der Waals surface area (Å²) in [6.45, 7) is 0. The van der Waals surface area contributed by atoms with E-state index in [1.807, 2.05) is 12.1 Å². The monoisotopic (exact) mass is 397 g/mol. The first-order valence-corrected chi connectivity index (χ1v) is 9.40. The molecule has 0 atom stereocenters. The quantitative estimate of drug-likeness (QED) is 0.522. The van der Waals surface area contributed by atoms with Crippen LogP contribution < -0.4 is 24.8 Å². The van der Waals surface area contributed by atoms with E-state index in [9.17, 15) is 4.79 Å². The van der Waals surface area contributed by atoms with Crippen molar-refractivity contribution < 1.29 is 19.0 Å². The number of nitrogens with zero attached hydrogens (tertiary/aromatic N) is 1. The third-order valence-corrected chi connectivity index (χ3v) is 5.43. The largest absolute Gasteiger partial charge is 0.493 e. The number of anilines is 2. The summed E-state index contributed by atoms with van der Waals surface area (Å²) in [7, 11) is 4.58. The fourth-order valence-electron chi connectivity index (χ4n) is 3.23. The van der Waals surface area contributed by atoms with E-state index < -0.39 is 6.03 Å². The second kappa shape index (κ2) is 7.40. The Hall–Kier alpha value is -3.26. The molecule has 2 N–H and O–H groups in total. The number of amides is 2. The number of aromatic nitrogens is 1. The van der Waals surface area contributed by atoms with Crippen molar-refractivity contribution in [2.24, 2.45) is 0 Å². The molecular weight excluding hydrogens is 378 g/mol. The molecule has 0 unspecified atom stereocenters. The Balaban J connectivity index is 1.51. The lowest BCUT2D eigenvalue weighted by Gasteiger charge is -2.14. The molecule has 4 rings (SSSR count). The summed E-state index contributed by atoms with van der Waals surface area (Å²) in [5.41, 5.74) is 3.86. The van der Waals surface area contributed by atoms with Crippen molar-refractivity contribution in [2.75, 3.05) is 32.0 Å². The average molecular weight is 397 g/mol. The number of hydrogen-bond donors (Lipinski definition) is 2. The molecule has 1 heterocycles. The van der Waals surface area contributed by atoms with Crippen molar-refractivity contribution in [3.8, 4) is 28.5 Å². The second-order valence-corrected chi connectivity index (χ2v) is 7.20. The van der Waals surface area contributed by atoms with E-state index in [-0.39, 0.29) is 0 Å². The number of carbonyl (C=O) groups is 1. The van der Waals surface area contributed by atoms with Gasteiger partial charge in [0.25, 0.3) is 0 Å². The maximum absolute atomic E-state index is 12.4. The molecule has 1 aliphatic rings. The molecule has 3 aromatic rings. The number of benzene rings is 2. The lowest BCUT2D eigenvalue weighted by atomic mass is 10.1. The van der Waals surface area contributed by atoms with E-state index in [0.717, 1.165) is 22.6 Å². The Morgan fingerprint density at radius 2 is 1.75 bits per heavy atom. The first-order valence-electron chi connectivity index (χ1n) is 8.59. The number of thiazole rings is 1. The molecule has 2 aromatic carbocycles. The average Bonchev–Trinajstić information content (AvgIpc) is 3.24. The predicted molar refractivity (Wildman–Crippen MR) is 109 cm³/mol. The number of methoxy groups -OCH3 is 3. The highest BCUT2D eigenvalue weighted by atomic mass is 32.1. The molecule has 0 radical (unpaired) electrons. The highest BCUT2D eigenvalue weighted by molar-refractivity contribution is 7.16. The fourth-order valence-corrected chi connectivity index (χ4v) is 4.22. The summed E-state index contributed by atoms with van der Waals surface area (Å²) < 4.78 is 15.9. The maximum Gasteiger partial charge on any atom is 0.325 e. The molecule has 0 saturated carbocycles. The molecule has 2 amide bonds. The van der Waals surface area contributed by atoms with E-state index in [0.29, 0.717) is 28.1 Å². The standard InChI is InChI=1S/C20H19N3O4S/c1-25-14-9-12(10-15(26-2)18(14)27-3)21-19(24)23-20-22-17-13-7-5-4-6-11(13)8-16(17)28-20/h4-7,9-10H,8H2,1-3H3,(H2,21,22,23,24). The van der Waals surface area contributed by atoms with Crippen molar-refractivity contribution in [1.29, 1.82) is 0 Å². The lowest BCUT2D eigenvalue weighted by molar-refractivity contribution is 0.262. The third-order valence-electron chi connectivity index (χ3n) is 4.46. The van der Waals surface area contributed by atoms with Gasteiger partial charge in [0.2, 0.25) is 5.75 Å². The minimum atomic E-state index is -0.394. The first kappa shape index (κ1) is 18.1. The van der Waals surface area contributed by atoms with Gasteiger partial charge in [-0.1, -0.05) is 24.3 Å². The Labute approximate surface area is 166 Å². The normalized spacial score (nSPS) is 11.4. The molecule has 1 aliphatic carbocycles. The molecule has 144 valence electrons. The number of ether oxygens (including phenoxy) is 3. The number of rotatable bonds is 5. The van der Waals surface area contributed by atoms with Gasteiger partial charge in [0.1, 0.15) is 0 Å². The maximum atomic E-state index is 12.4. The van der Waals surface area contributed by atoms with Crippen LogP contribution >= 0.6 is 11.3 Å². The van der Waals surface area contributed by atoms with Crippen LogP contribution in [0.3, 0.4) is 0 Å². The molecule has 0 saturated heterocycles. The van der Waals surface area contributed by atoms with Gasteiger partial charge in [-0.2, -0.15) is 0 Å². The van der Waals surface area contributed by atoms with Crippen molar-refractivity contribution in [1.82, 2.24) is 4.98 Å². The minimum Gasteiger partial charge on any atom is -0.493 e. The molecule has 7 nitrogen and oxygen atoms in total. The van der Waals surface area contributed by atoms with Crippen LogP contribution in [0.1, 0.15) is 10.4 Å². The van der Waals surface area contributed by atoms with Crippen molar-refractivity contribution in [3.05, 3.63) is 46.8 Å². The van der Waals surface area contributed by atoms with Crippen molar-refractivity contribution in [3.63, 3.8) is 0 Å². The summed E-state index contributed by atoms with van der Waals surface area (Å²) in [5.74, 6) is 1.38.